The number of amides is 1. The molecule has 0 radical (unpaired) electrons. The first kappa shape index (κ1) is 13.0. The summed E-state index contributed by atoms with van der Waals surface area (Å²) in [7, 11) is 0. The highest BCUT2D eigenvalue weighted by molar-refractivity contribution is 6.36. The van der Waals surface area contributed by atoms with Crippen molar-refractivity contribution in [1.29, 1.82) is 0 Å². The van der Waals surface area contributed by atoms with Gasteiger partial charge in [-0.3, -0.25) is 9.78 Å². The maximum atomic E-state index is 11.9. The SMILES string of the molecule is CC(NC(=O)C1CC(C(=O)O)=NO1)c1cccnc1. The van der Waals surface area contributed by atoms with Gasteiger partial charge in [0, 0.05) is 18.8 Å². The molecule has 2 rings (SSSR count). The van der Waals surface area contributed by atoms with Crippen LogP contribution < -0.4 is 5.32 Å². The third kappa shape index (κ3) is 3.06. The van der Waals surface area contributed by atoms with Gasteiger partial charge in [-0.1, -0.05) is 11.2 Å². The number of carboxylic acids is 1. The fourth-order valence-corrected chi connectivity index (χ4v) is 1.67. The number of carboxylic acid groups (broad SMARTS) is 1. The highest BCUT2D eigenvalue weighted by Gasteiger charge is 2.32. The second-order valence-electron chi connectivity index (χ2n) is 4.16. The normalized spacial score (nSPS) is 19.2. The van der Waals surface area contributed by atoms with Gasteiger partial charge in [-0.2, -0.15) is 0 Å². The van der Waals surface area contributed by atoms with Crippen LogP contribution in [0.25, 0.3) is 0 Å². The maximum Gasteiger partial charge on any atom is 0.353 e. The topological polar surface area (TPSA) is 101 Å². The van der Waals surface area contributed by atoms with E-state index in [2.05, 4.69) is 15.5 Å². The Kier molecular flexibility index (Phi) is 3.74. The van der Waals surface area contributed by atoms with Crippen LogP contribution in [0.4, 0.5) is 0 Å². The van der Waals surface area contributed by atoms with Crippen molar-refractivity contribution in [2.45, 2.75) is 25.5 Å². The molecule has 1 aromatic rings. The summed E-state index contributed by atoms with van der Waals surface area (Å²) < 4.78 is 0. The van der Waals surface area contributed by atoms with Crippen molar-refractivity contribution in [2.24, 2.45) is 5.16 Å². The molecule has 7 nitrogen and oxygen atoms in total. The van der Waals surface area contributed by atoms with Crippen LogP contribution in [-0.2, 0) is 14.4 Å². The van der Waals surface area contributed by atoms with Crippen LogP contribution in [0.2, 0.25) is 0 Å². The lowest BCUT2D eigenvalue weighted by Gasteiger charge is -2.15. The zero-order valence-corrected chi connectivity index (χ0v) is 10.2. The largest absolute Gasteiger partial charge is 0.477 e. The van der Waals surface area contributed by atoms with E-state index in [-0.39, 0.29) is 18.2 Å². The molecule has 0 fully saturated rings. The van der Waals surface area contributed by atoms with Gasteiger partial charge in [0.15, 0.2) is 5.71 Å². The molecule has 0 saturated carbocycles. The van der Waals surface area contributed by atoms with Crippen LogP contribution in [-0.4, -0.2) is 33.8 Å². The van der Waals surface area contributed by atoms with Crippen LogP contribution in [0.3, 0.4) is 0 Å². The zero-order valence-electron chi connectivity index (χ0n) is 10.2. The van der Waals surface area contributed by atoms with Gasteiger partial charge >= 0.3 is 5.97 Å². The average molecular weight is 263 g/mol. The van der Waals surface area contributed by atoms with E-state index in [4.69, 9.17) is 9.94 Å². The molecule has 0 bridgehead atoms. The average Bonchev–Trinajstić information content (AvgIpc) is 2.89. The van der Waals surface area contributed by atoms with Crippen molar-refractivity contribution in [1.82, 2.24) is 10.3 Å². The maximum absolute atomic E-state index is 11.9. The lowest BCUT2D eigenvalue weighted by molar-refractivity contribution is -0.132. The predicted octanol–water partition coefficient (Wildman–Crippen LogP) is 0.488. The standard InChI is InChI=1S/C12H13N3O4/c1-7(8-3-2-4-13-6-8)14-11(16)10-5-9(12(17)18)15-19-10/h2-4,6-7,10H,5H2,1H3,(H,14,16)(H,17,18). The summed E-state index contributed by atoms with van der Waals surface area (Å²) >= 11 is 0. The highest BCUT2D eigenvalue weighted by Crippen LogP contribution is 2.14. The molecule has 0 saturated heterocycles. The number of rotatable bonds is 4. The monoisotopic (exact) mass is 263 g/mol. The summed E-state index contributed by atoms with van der Waals surface area (Å²) in [5, 5.41) is 14.8. The Hall–Kier alpha value is -2.44. The number of carbonyl (C=O) groups excluding carboxylic acids is 1. The third-order valence-electron chi connectivity index (χ3n) is 2.75. The first-order valence-corrected chi connectivity index (χ1v) is 5.74. The third-order valence-corrected chi connectivity index (χ3v) is 2.75. The zero-order chi connectivity index (χ0) is 13.8. The van der Waals surface area contributed by atoms with Gasteiger partial charge in [-0.05, 0) is 18.6 Å². The van der Waals surface area contributed by atoms with Crippen molar-refractivity contribution >= 4 is 17.6 Å². The van der Waals surface area contributed by atoms with Crippen LogP contribution in [0.5, 0.6) is 0 Å². The molecule has 2 unspecified atom stereocenters. The lowest BCUT2D eigenvalue weighted by Crippen LogP contribution is -2.36. The van der Waals surface area contributed by atoms with Gasteiger partial charge in [0.05, 0.1) is 6.04 Å². The van der Waals surface area contributed by atoms with Gasteiger partial charge in [0.25, 0.3) is 5.91 Å². The first-order valence-electron chi connectivity index (χ1n) is 5.74. The molecular weight excluding hydrogens is 250 g/mol. The van der Waals surface area contributed by atoms with Crippen LogP contribution >= 0.6 is 0 Å². The first-order chi connectivity index (χ1) is 9.08. The van der Waals surface area contributed by atoms with Crippen molar-refractivity contribution in [3.63, 3.8) is 0 Å². The molecule has 2 atom stereocenters. The molecule has 1 aliphatic rings. The van der Waals surface area contributed by atoms with Crippen LogP contribution in [0, 0.1) is 0 Å². The molecule has 7 heteroatoms. The molecule has 0 aromatic carbocycles. The number of carbonyl (C=O) groups is 2. The van der Waals surface area contributed by atoms with Crippen molar-refractivity contribution in [3.8, 4) is 0 Å². The summed E-state index contributed by atoms with van der Waals surface area (Å²) in [4.78, 5) is 31.3. The molecule has 2 heterocycles. The summed E-state index contributed by atoms with van der Waals surface area (Å²) in [6.45, 7) is 1.81. The van der Waals surface area contributed by atoms with E-state index in [1.165, 1.54) is 0 Å². The minimum atomic E-state index is -1.17. The number of nitrogens with zero attached hydrogens (tertiary/aromatic N) is 2. The van der Waals surface area contributed by atoms with Crippen LogP contribution in [0.15, 0.2) is 29.7 Å². The van der Waals surface area contributed by atoms with E-state index in [0.717, 1.165) is 5.56 Å². The Morgan fingerprint density at radius 3 is 2.95 bits per heavy atom. The van der Waals surface area contributed by atoms with Gasteiger partial charge in [-0.25, -0.2) is 4.79 Å². The summed E-state index contributed by atoms with van der Waals surface area (Å²) in [5.41, 5.74) is 0.711. The number of nitrogens with one attached hydrogen (secondary N) is 1. The number of aliphatic carboxylic acids is 1. The van der Waals surface area contributed by atoms with Gasteiger partial charge in [0.1, 0.15) is 0 Å². The molecule has 0 aliphatic carbocycles. The Morgan fingerprint density at radius 2 is 2.37 bits per heavy atom. The highest BCUT2D eigenvalue weighted by atomic mass is 16.6. The Bertz CT molecular complexity index is 515. The van der Waals surface area contributed by atoms with E-state index in [9.17, 15) is 9.59 Å². The number of hydrogen-bond acceptors (Lipinski definition) is 5. The summed E-state index contributed by atoms with van der Waals surface area (Å²) in [6.07, 6.45) is 2.39. The molecule has 1 aliphatic heterocycles. The lowest BCUT2D eigenvalue weighted by atomic mass is 10.1. The van der Waals surface area contributed by atoms with E-state index in [0.29, 0.717) is 0 Å². The molecule has 19 heavy (non-hydrogen) atoms. The molecule has 1 aromatic heterocycles. The summed E-state index contributed by atoms with van der Waals surface area (Å²) in [5.74, 6) is -1.56. The minimum absolute atomic E-state index is 0.0269. The minimum Gasteiger partial charge on any atom is -0.477 e. The van der Waals surface area contributed by atoms with E-state index in [1.807, 2.05) is 13.0 Å². The van der Waals surface area contributed by atoms with Gasteiger partial charge in [0.2, 0.25) is 6.10 Å². The smallest absolute Gasteiger partial charge is 0.353 e. The second kappa shape index (κ2) is 5.47. The fourth-order valence-electron chi connectivity index (χ4n) is 1.67. The summed E-state index contributed by atoms with van der Waals surface area (Å²) in [6, 6.07) is 3.38. The van der Waals surface area contributed by atoms with Gasteiger partial charge < -0.3 is 15.3 Å². The molecular formula is C12H13N3O4. The Morgan fingerprint density at radius 1 is 1.58 bits per heavy atom. The number of aromatic nitrogens is 1. The van der Waals surface area contributed by atoms with E-state index >= 15 is 0 Å². The molecule has 1 amide bonds. The van der Waals surface area contributed by atoms with E-state index in [1.54, 1.807) is 18.5 Å². The van der Waals surface area contributed by atoms with Crippen molar-refractivity contribution in [2.75, 3.05) is 0 Å². The number of pyridine rings is 1. The second-order valence-corrected chi connectivity index (χ2v) is 4.16. The fraction of sp³-hybridized carbons (Fsp3) is 0.333. The van der Waals surface area contributed by atoms with Crippen LogP contribution in [0.1, 0.15) is 24.9 Å². The molecule has 0 spiro atoms. The van der Waals surface area contributed by atoms with Crippen molar-refractivity contribution in [3.05, 3.63) is 30.1 Å². The predicted molar refractivity (Wildman–Crippen MR) is 65.4 cm³/mol. The molecule has 2 N–H and O–H groups in total. The number of hydrogen-bond donors (Lipinski definition) is 2. The van der Waals surface area contributed by atoms with Gasteiger partial charge in [-0.15, -0.1) is 0 Å². The quantitative estimate of drug-likeness (QED) is 0.823. The molecule has 100 valence electrons. The van der Waals surface area contributed by atoms with E-state index < -0.39 is 18.0 Å². The Balaban J connectivity index is 1.91. The van der Waals surface area contributed by atoms with Crippen molar-refractivity contribution < 1.29 is 19.5 Å². The Labute approximate surface area is 109 Å². The number of oxime groups is 1.